The molecule has 3 aliphatic rings. The van der Waals surface area contributed by atoms with E-state index in [0.717, 1.165) is 0 Å². The van der Waals surface area contributed by atoms with Crippen LogP contribution in [0.2, 0.25) is 0 Å². The van der Waals surface area contributed by atoms with Gasteiger partial charge in [0.05, 0.1) is 5.41 Å². The van der Waals surface area contributed by atoms with Gasteiger partial charge in [0, 0.05) is 5.41 Å². The summed E-state index contributed by atoms with van der Waals surface area (Å²) in [7, 11) is 0. The molecule has 0 N–H and O–H groups in total. The highest BCUT2D eigenvalue weighted by Gasteiger charge is 2.50. The van der Waals surface area contributed by atoms with Crippen LogP contribution in [0.25, 0.3) is 66.1 Å². The molecule has 1 unspecified atom stereocenters. The number of rotatable bonds is 1. The van der Waals surface area contributed by atoms with Crippen LogP contribution in [0.3, 0.4) is 0 Å². The van der Waals surface area contributed by atoms with E-state index in [1.54, 1.807) is 0 Å². The van der Waals surface area contributed by atoms with Gasteiger partial charge in [0.15, 0.2) is 0 Å². The maximum Gasteiger partial charge on any atom is 0.0725 e. The van der Waals surface area contributed by atoms with Gasteiger partial charge < -0.3 is 0 Å². The molecule has 3 aliphatic carbocycles. The van der Waals surface area contributed by atoms with Crippen LogP contribution in [0.4, 0.5) is 0 Å². The molecule has 0 radical (unpaired) electrons. The third-order valence-corrected chi connectivity index (χ3v) is 11.9. The van der Waals surface area contributed by atoms with Crippen LogP contribution in [-0.2, 0) is 10.8 Å². The monoisotopic (exact) mass is 608 g/mol. The first-order chi connectivity index (χ1) is 23.6. The molecule has 1 atom stereocenters. The first kappa shape index (κ1) is 26.4. The van der Waals surface area contributed by atoms with Crippen LogP contribution < -0.4 is 0 Å². The zero-order valence-corrected chi connectivity index (χ0v) is 27.0. The molecule has 8 aromatic rings. The molecule has 0 saturated carbocycles. The van der Waals surface area contributed by atoms with Gasteiger partial charge in [-0.1, -0.05) is 159 Å². The van der Waals surface area contributed by atoms with E-state index >= 15 is 0 Å². The standard InChI is InChI=1S/C48H32/c1-47(2)42-26-22-29-11-3-4-14-33(29)46(42)37-24-21-32(28-44(37)47)31-23-25-41-38(27-31)35-16-6-8-19-40(35)48(41)39-18-7-5-15-34(39)36-17-9-12-30-13-10-20-43(48)45(30)36/h3-28H,1-2H3. The van der Waals surface area contributed by atoms with Crippen molar-refractivity contribution in [2.75, 3.05) is 0 Å². The van der Waals surface area contributed by atoms with Crippen LogP contribution in [0, 0.1) is 0 Å². The molecule has 224 valence electrons. The summed E-state index contributed by atoms with van der Waals surface area (Å²) in [6, 6.07) is 59.9. The summed E-state index contributed by atoms with van der Waals surface area (Å²) >= 11 is 0. The van der Waals surface area contributed by atoms with Crippen molar-refractivity contribution < 1.29 is 0 Å². The largest absolute Gasteiger partial charge is 0.0725 e. The number of fused-ring (bicyclic) bond motifs is 14. The Morgan fingerprint density at radius 1 is 0.354 bits per heavy atom. The normalized spacial score (nSPS) is 17.2. The van der Waals surface area contributed by atoms with Gasteiger partial charge in [-0.05, 0) is 112 Å². The minimum absolute atomic E-state index is 0.0734. The molecule has 0 aromatic heterocycles. The van der Waals surface area contributed by atoms with E-state index < -0.39 is 0 Å². The molecular weight excluding hydrogens is 577 g/mol. The Labute approximate surface area is 281 Å². The Morgan fingerprint density at radius 3 is 1.77 bits per heavy atom. The highest BCUT2D eigenvalue weighted by atomic mass is 14.5. The fraction of sp³-hybridized carbons (Fsp3) is 0.0833. The van der Waals surface area contributed by atoms with E-state index in [4.69, 9.17) is 0 Å². The number of benzene rings is 8. The highest BCUT2D eigenvalue weighted by Crippen LogP contribution is 2.62. The summed E-state index contributed by atoms with van der Waals surface area (Å²) in [4.78, 5) is 0. The van der Waals surface area contributed by atoms with E-state index in [9.17, 15) is 0 Å². The molecule has 1 spiro atoms. The van der Waals surface area contributed by atoms with Gasteiger partial charge in [0.1, 0.15) is 0 Å². The van der Waals surface area contributed by atoms with Crippen molar-refractivity contribution in [1.82, 2.24) is 0 Å². The summed E-state index contributed by atoms with van der Waals surface area (Å²) in [5.74, 6) is 0. The van der Waals surface area contributed by atoms with Gasteiger partial charge in [0.25, 0.3) is 0 Å². The van der Waals surface area contributed by atoms with Crippen molar-refractivity contribution in [3.8, 4) is 44.5 Å². The van der Waals surface area contributed by atoms with Gasteiger partial charge >= 0.3 is 0 Å². The predicted molar refractivity (Wildman–Crippen MR) is 201 cm³/mol. The summed E-state index contributed by atoms with van der Waals surface area (Å²) in [6.07, 6.45) is 0. The van der Waals surface area contributed by atoms with Gasteiger partial charge in [-0.2, -0.15) is 0 Å². The second-order valence-electron chi connectivity index (χ2n) is 14.4. The van der Waals surface area contributed by atoms with Crippen molar-refractivity contribution in [3.63, 3.8) is 0 Å². The quantitative estimate of drug-likeness (QED) is 0.174. The SMILES string of the molecule is CC1(C)c2cc(-c3ccc4c(c3)-c3ccccc3C43c4ccccc4-c4cccc5cccc3c45)ccc2-c2c1ccc1ccccc21. The molecule has 48 heavy (non-hydrogen) atoms. The summed E-state index contributed by atoms with van der Waals surface area (Å²) < 4.78 is 0. The van der Waals surface area contributed by atoms with Gasteiger partial charge in [0.2, 0.25) is 0 Å². The van der Waals surface area contributed by atoms with Gasteiger partial charge in [-0.25, -0.2) is 0 Å². The first-order valence-electron chi connectivity index (χ1n) is 17.1. The highest BCUT2D eigenvalue weighted by molar-refractivity contribution is 6.07. The Hall–Kier alpha value is -5.72. The molecule has 0 amide bonds. The predicted octanol–water partition coefficient (Wildman–Crippen LogP) is 12.3. The van der Waals surface area contributed by atoms with Crippen LogP contribution in [-0.4, -0.2) is 0 Å². The van der Waals surface area contributed by atoms with Crippen molar-refractivity contribution in [3.05, 3.63) is 191 Å². The van der Waals surface area contributed by atoms with Crippen LogP contribution >= 0.6 is 0 Å². The summed E-state index contributed by atoms with van der Waals surface area (Å²) in [5, 5.41) is 5.32. The third-order valence-electron chi connectivity index (χ3n) is 11.9. The Kier molecular flexibility index (Phi) is 4.94. The Morgan fingerprint density at radius 2 is 0.938 bits per heavy atom. The second kappa shape index (κ2) is 9.00. The van der Waals surface area contributed by atoms with Crippen molar-refractivity contribution >= 4 is 21.5 Å². The van der Waals surface area contributed by atoms with E-state index in [0.29, 0.717) is 0 Å². The van der Waals surface area contributed by atoms with Crippen molar-refractivity contribution in [2.24, 2.45) is 0 Å². The third kappa shape index (κ3) is 3.07. The topological polar surface area (TPSA) is 0 Å². The average molecular weight is 609 g/mol. The molecule has 0 aliphatic heterocycles. The van der Waals surface area contributed by atoms with Crippen LogP contribution in [0.1, 0.15) is 47.2 Å². The molecular formula is C48H32. The molecule has 0 heteroatoms. The molecule has 0 fully saturated rings. The zero-order valence-electron chi connectivity index (χ0n) is 27.0. The molecule has 0 bridgehead atoms. The molecule has 0 heterocycles. The first-order valence-corrected chi connectivity index (χ1v) is 17.1. The maximum atomic E-state index is 2.47. The van der Waals surface area contributed by atoms with Crippen LogP contribution in [0.5, 0.6) is 0 Å². The lowest BCUT2D eigenvalue weighted by Gasteiger charge is -2.40. The van der Waals surface area contributed by atoms with Crippen molar-refractivity contribution in [2.45, 2.75) is 24.7 Å². The fourth-order valence-electron chi connectivity index (χ4n) is 9.80. The smallest absolute Gasteiger partial charge is 0.0619 e. The molecule has 0 saturated heterocycles. The molecule has 8 aromatic carbocycles. The Balaban J connectivity index is 1.16. The van der Waals surface area contributed by atoms with E-state index in [-0.39, 0.29) is 10.8 Å². The lowest BCUT2D eigenvalue weighted by Crippen LogP contribution is -2.31. The Bertz CT molecular complexity index is 2700. The molecule has 0 nitrogen and oxygen atoms in total. The second-order valence-corrected chi connectivity index (χ2v) is 14.4. The molecule has 11 rings (SSSR count). The summed E-state index contributed by atoms with van der Waals surface area (Å²) in [5.41, 5.74) is 18.5. The minimum atomic E-state index is -0.377. The minimum Gasteiger partial charge on any atom is -0.0619 e. The van der Waals surface area contributed by atoms with Gasteiger partial charge in [-0.3, -0.25) is 0 Å². The zero-order chi connectivity index (χ0) is 31.8. The lowest BCUT2D eigenvalue weighted by molar-refractivity contribution is 0.661. The average Bonchev–Trinajstić information content (AvgIpc) is 3.56. The lowest BCUT2D eigenvalue weighted by atomic mass is 9.61. The van der Waals surface area contributed by atoms with E-state index in [2.05, 4.69) is 172 Å². The fourth-order valence-corrected chi connectivity index (χ4v) is 9.80. The number of hydrogen-bond acceptors (Lipinski definition) is 0. The van der Waals surface area contributed by atoms with E-state index in [1.807, 2.05) is 0 Å². The van der Waals surface area contributed by atoms with Crippen LogP contribution in [0.15, 0.2) is 158 Å². The summed E-state index contributed by atoms with van der Waals surface area (Å²) in [6.45, 7) is 4.77. The van der Waals surface area contributed by atoms with Gasteiger partial charge in [-0.15, -0.1) is 0 Å². The van der Waals surface area contributed by atoms with E-state index in [1.165, 1.54) is 99.4 Å². The maximum absolute atomic E-state index is 2.47. The van der Waals surface area contributed by atoms with Crippen molar-refractivity contribution in [1.29, 1.82) is 0 Å². The number of hydrogen-bond donors (Lipinski definition) is 0.